The molecule has 0 saturated heterocycles. The highest BCUT2D eigenvalue weighted by Gasteiger charge is 2.27. The van der Waals surface area contributed by atoms with Crippen molar-refractivity contribution in [2.24, 2.45) is 0 Å². The average Bonchev–Trinajstić information content (AvgIpc) is 3.30. The molecule has 0 saturated carbocycles. The molecule has 0 unspecified atom stereocenters. The maximum atomic E-state index is 13.8. The second-order valence-electron chi connectivity index (χ2n) is 17.1. The minimum atomic E-state index is -0.736. The first-order chi connectivity index (χ1) is 31.7. The van der Waals surface area contributed by atoms with Crippen LogP contribution in [0.3, 0.4) is 0 Å². The van der Waals surface area contributed by atoms with Gasteiger partial charge < -0.3 is 23.7 Å². The van der Waals surface area contributed by atoms with E-state index in [2.05, 4.69) is 13.8 Å². The number of nitro benzene ring substituents is 1. The Labute approximate surface area is 388 Å². The summed E-state index contributed by atoms with van der Waals surface area (Å²) in [5, 5.41) is 13.0. The number of benzene rings is 4. The van der Waals surface area contributed by atoms with Crippen LogP contribution in [0.5, 0.6) is 28.7 Å². The molecule has 0 spiro atoms. The molecule has 0 bridgehead atoms. The van der Waals surface area contributed by atoms with Crippen molar-refractivity contribution in [3.63, 3.8) is 0 Å². The summed E-state index contributed by atoms with van der Waals surface area (Å²) >= 11 is 0. The number of allylic oxidation sites excluding steroid dienone is 2. The molecule has 0 radical (unpaired) electrons. The Bertz CT molecular complexity index is 2030. The van der Waals surface area contributed by atoms with Gasteiger partial charge in [0.05, 0.1) is 40.8 Å². The molecule has 0 aliphatic rings. The number of ether oxygens (including phenoxy) is 5. The average molecular weight is 894 g/mol. The molecule has 0 amide bonds. The third kappa shape index (κ3) is 18.9. The van der Waals surface area contributed by atoms with Gasteiger partial charge in [0.25, 0.3) is 0 Å². The van der Waals surface area contributed by atoms with Crippen LogP contribution >= 0.6 is 0 Å². The Kier molecular flexibility index (Phi) is 24.7. The maximum absolute atomic E-state index is 13.8. The first kappa shape index (κ1) is 52.2. The molecule has 0 heterocycles. The minimum absolute atomic E-state index is 0.0729. The summed E-state index contributed by atoms with van der Waals surface area (Å²) in [6, 6.07) is 19.3. The van der Waals surface area contributed by atoms with Crippen LogP contribution in [0.4, 0.5) is 5.69 Å². The van der Waals surface area contributed by atoms with Crippen LogP contribution in [-0.4, -0.2) is 36.2 Å². The fourth-order valence-corrected chi connectivity index (χ4v) is 7.81. The molecule has 0 N–H and O–H groups in total. The van der Waals surface area contributed by atoms with Crippen molar-refractivity contribution in [1.29, 1.82) is 0 Å². The number of rotatable bonds is 34. The lowest BCUT2D eigenvalue weighted by atomic mass is 10.1. The molecule has 0 fully saturated rings. The number of nitrogens with zero attached hydrogens (tertiary/aromatic N) is 1. The first-order valence-corrected chi connectivity index (χ1v) is 24.7. The number of fused-ring (bicyclic) bond motifs is 1. The van der Waals surface area contributed by atoms with Crippen LogP contribution in [0, 0.1) is 10.1 Å². The predicted octanol–water partition coefficient (Wildman–Crippen LogP) is 15.9. The van der Waals surface area contributed by atoms with Gasteiger partial charge in [-0.15, -0.1) is 0 Å². The van der Waals surface area contributed by atoms with Crippen molar-refractivity contribution >= 4 is 28.4 Å². The zero-order valence-electron chi connectivity index (χ0n) is 39.8. The van der Waals surface area contributed by atoms with E-state index in [1.165, 1.54) is 121 Å². The molecule has 10 heteroatoms. The van der Waals surface area contributed by atoms with Crippen LogP contribution < -0.4 is 23.7 Å². The van der Waals surface area contributed by atoms with E-state index in [1.54, 1.807) is 54.6 Å². The third-order valence-corrected chi connectivity index (χ3v) is 11.6. The van der Waals surface area contributed by atoms with Crippen LogP contribution in [0.1, 0.15) is 190 Å². The zero-order valence-corrected chi connectivity index (χ0v) is 39.8. The molecule has 1 atom stereocenters. The first-order valence-electron chi connectivity index (χ1n) is 24.7. The Hall–Kier alpha value is -5.38. The van der Waals surface area contributed by atoms with Gasteiger partial charge >= 0.3 is 17.6 Å². The third-order valence-electron chi connectivity index (χ3n) is 11.6. The van der Waals surface area contributed by atoms with Gasteiger partial charge in [-0.1, -0.05) is 142 Å². The van der Waals surface area contributed by atoms with Gasteiger partial charge in [0.1, 0.15) is 11.5 Å². The molecule has 4 rings (SSSR count). The van der Waals surface area contributed by atoms with Gasteiger partial charge in [0, 0.05) is 5.39 Å². The van der Waals surface area contributed by atoms with Crippen molar-refractivity contribution < 1.29 is 38.2 Å². The van der Waals surface area contributed by atoms with Crippen LogP contribution in [0.2, 0.25) is 0 Å². The van der Waals surface area contributed by atoms with Gasteiger partial charge in [-0.3, -0.25) is 10.1 Å². The maximum Gasteiger partial charge on any atom is 0.343 e. The smallest absolute Gasteiger partial charge is 0.343 e. The molecule has 0 aliphatic carbocycles. The van der Waals surface area contributed by atoms with E-state index < -0.39 is 16.9 Å². The standard InChI is InChI=1S/C55H75NO9/c1-5-8-11-13-15-17-19-21-23-26-41-61-46-33-29-44(30-34-46)54(57)64-51-40-37-48-49(38-39-50(52(48)56(59)60)63-43(4)28-25-10-7-3)53(51)65-55(58)45-31-35-47(36-32-45)62-42-27-24-22-20-18-16-14-12-9-6-2/h7,10,29-40,43H,5-6,8-9,11-28,41-42H2,1-4H3/t43-/m1/s1. The monoisotopic (exact) mass is 894 g/mol. The second-order valence-corrected chi connectivity index (χ2v) is 17.1. The van der Waals surface area contributed by atoms with E-state index in [1.807, 2.05) is 26.0 Å². The van der Waals surface area contributed by atoms with Gasteiger partial charge in [0.2, 0.25) is 0 Å². The predicted molar refractivity (Wildman–Crippen MR) is 262 cm³/mol. The van der Waals surface area contributed by atoms with E-state index in [0.29, 0.717) is 31.1 Å². The quantitative estimate of drug-likeness (QED) is 0.0113. The lowest BCUT2D eigenvalue weighted by Gasteiger charge is -2.17. The molecule has 4 aromatic rings. The van der Waals surface area contributed by atoms with Gasteiger partial charge in [0.15, 0.2) is 17.2 Å². The summed E-state index contributed by atoms with van der Waals surface area (Å²) in [5.74, 6) is -0.270. The lowest BCUT2D eigenvalue weighted by Crippen LogP contribution is -2.14. The van der Waals surface area contributed by atoms with Crippen molar-refractivity contribution in [3.05, 3.63) is 106 Å². The Morgan fingerprint density at radius 1 is 0.569 bits per heavy atom. The van der Waals surface area contributed by atoms with E-state index in [4.69, 9.17) is 23.7 Å². The SMILES string of the molecule is CC=CCC[C@@H](C)Oc1ccc2c(OC(=O)c3ccc(OCCCCCCCCCCCC)cc3)c(OC(=O)c3ccc(OCCCCCCCCCCCC)cc3)ccc2c1[N+](=O)[O-]. The molecular formula is C55H75NO9. The van der Waals surface area contributed by atoms with Crippen LogP contribution in [-0.2, 0) is 0 Å². The van der Waals surface area contributed by atoms with Crippen molar-refractivity contribution in [2.45, 2.75) is 175 Å². The molecule has 354 valence electrons. The topological polar surface area (TPSA) is 123 Å². The summed E-state index contributed by atoms with van der Waals surface area (Å²) in [6.07, 6.45) is 29.9. The fourth-order valence-electron chi connectivity index (χ4n) is 7.81. The summed E-state index contributed by atoms with van der Waals surface area (Å²) in [4.78, 5) is 39.5. The summed E-state index contributed by atoms with van der Waals surface area (Å²) < 4.78 is 29.8. The molecule has 65 heavy (non-hydrogen) atoms. The number of hydrogen-bond donors (Lipinski definition) is 0. The highest BCUT2D eigenvalue weighted by Crippen LogP contribution is 2.44. The second kappa shape index (κ2) is 30.7. The summed E-state index contributed by atoms with van der Waals surface area (Å²) in [5.41, 5.74) is 0.194. The van der Waals surface area contributed by atoms with E-state index in [0.717, 1.165) is 32.1 Å². The number of carbonyl (C=O) groups is 2. The van der Waals surface area contributed by atoms with Crippen LogP contribution in [0.15, 0.2) is 84.9 Å². The minimum Gasteiger partial charge on any atom is -0.494 e. The van der Waals surface area contributed by atoms with Gasteiger partial charge in [-0.2, -0.15) is 0 Å². The van der Waals surface area contributed by atoms with Crippen molar-refractivity contribution in [2.75, 3.05) is 13.2 Å². The van der Waals surface area contributed by atoms with Gasteiger partial charge in [-0.05, 0) is 112 Å². The number of esters is 2. The molecule has 4 aromatic carbocycles. The highest BCUT2D eigenvalue weighted by molar-refractivity contribution is 6.03. The van der Waals surface area contributed by atoms with Crippen molar-refractivity contribution in [3.8, 4) is 28.7 Å². The molecular weight excluding hydrogens is 819 g/mol. The number of unbranched alkanes of at least 4 members (excludes halogenated alkanes) is 18. The van der Waals surface area contributed by atoms with Crippen molar-refractivity contribution in [1.82, 2.24) is 0 Å². The van der Waals surface area contributed by atoms with Gasteiger partial charge in [-0.25, -0.2) is 9.59 Å². The normalized spacial score (nSPS) is 11.8. The summed E-state index contributed by atoms with van der Waals surface area (Å²) in [7, 11) is 0. The Morgan fingerprint density at radius 3 is 1.46 bits per heavy atom. The molecule has 0 aliphatic heterocycles. The highest BCUT2D eigenvalue weighted by atomic mass is 16.6. The van der Waals surface area contributed by atoms with E-state index in [-0.39, 0.29) is 50.9 Å². The number of carbonyl (C=O) groups excluding carboxylic acids is 2. The van der Waals surface area contributed by atoms with Crippen LogP contribution in [0.25, 0.3) is 10.8 Å². The number of nitro groups is 1. The Balaban J connectivity index is 1.43. The lowest BCUT2D eigenvalue weighted by molar-refractivity contribution is -0.384. The fraction of sp³-hybridized carbons (Fsp3) is 0.527. The van der Waals surface area contributed by atoms with E-state index in [9.17, 15) is 19.7 Å². The molecule has 0 aromatic heterocycles. The zero-order chi connectivity index (χ0) is 46.5. The largest absolute Gasteiger partial charge is 0.494 e. The molecule has 10 nitrogen and oxygen atoms in total. The Morgan fingerprint density at radius 2 is 1.00 bits per heavy atom. The number of hydrogen-bond acceptors (Lipinski definition) is 9. The summed E-state index contributed by atoms with van der Waals surface area (Å²) in [6.45, 7) is 9.45. The van der Waals surface area contributed by atoms with E-state index >= 15 is 0 Å².